The van der Waals surface area contributed by atoms with Gasteiger partial charge in [-0.05, 0) is 73.7 Å². The van der Waals surface area contributed by atoms with Crippen molar-refractivity contribution < 1.29 is 0 Å². The van der Waals surface area contributed by atoms with Crippen molar-refractivity contribution >= 4 is 40.5 Å². The van der Waals surface area contributed by atoms with Crippen molar-refractivity contribution in [2.24, 2.45) is 0 Å². The van der Waals surface area contributed by atoms with E-state index in [0.29, 0.717) is 16.1 Å². The van der Waals surface area contributed by atoms with Crippen molar-refractivity contribution in [2.45, 2.75) is 37.8 Å². The van der Waals surface area contributed by atoms with Crippen LogP contribution in [0.1, 0.15) is 36.4 Å². The maximum atomic E-state index is 6.58. The first-order chi connectivity index (χ1) is 15.1. The van der Waals surface area contributed by atoms with Crippen LogP contribution in [0.25, 0.3) is 0 Å². The molecule has 1 fully saturated rings. The lowest BCUT2D eigenvalue weighted by atomic mass is 9.91. The Morgan fingerprint density at radius 2 is 1.61 bits per heavy atom. The molecule has 3 aromatic carbocycles. The highest BCUT2D eigenvalue weighted by atomic mass is 35.5. The first-order valence-electron chi connectivity index (χ1n) is 10.8. The summed E-state index contributed by atoms with van der Waals surface area (Å²) < 4.78 is 0. The van der Waals surface area contributed by atoms with Gasteiger partial charge in [0.1, 0.15) is 0 Å². The van der Waals surface area contributed by atoms with Crippen LogP contribution in [0.2, 0.25) is 15.1 Å². The lowest BCUT2D eigenvalue weighted by Gasteiger charge is -2.42. The maximum Gasteiger partial charge on any atom is 0.0654 e. The molecule has 3 aromatic rings. The van der Waals surface area contributed by atoms with Gasteiger partial charge in [-0.15, -0.1) is 0 Å². The molecule has 2 nitrogen and oxygen atoms in total. The fourth-order valence-corrected chi connectivity index (χ4v) is 5.04. The van der Waals surface area contributed by atoms with E-state index in [-0.39, 0.29) is 6.04 Å². The third-order valence-electron chi connectivity index (χ3n) is 5.99. The van der Waals surface area contributed by atoms with E-state index >= 15 is 0 Å². The topological polar surface area (TPSA) is 15.3 Å². The second-order valence-corrected chi connectivity index (χ2v) is 9.40. The van der Waals surface area contributed by atoms with Gasteiger partial charge in [0.25, 0.3) is 0 Å². The van der Waals surface area contributed by atoms with Crippen LogP contribution in [-0.2, 0) is 6.42 Å². The van der Waals surface area contributed by atoms with E-state index in [4.69, 9.17) is 34.8 Å². The Morgan fingerprint density at radius 1 is 0.871 bits per heavy atom. The third-order valence-corrected chi connectivity index (χ3v) is 6.78. The fourth-order valence-electron chi connectivity index (χ4n) is 4.40. The molecular formula is C26H27Cl3N2. The molecule has 1 saturated heterocycles. The average molecular weight is 474 g/mol. The molecule has 1 heterocycles. The van der Waals surface area contributed by atoms with Gasteiger partial charge in [0.2, 0.25) is 0 Å². The van der Waals surface area contributed by atoms with E-state index in [1.807, 2.05) is 30.3 Å². The average Bonchev–Trinajstić information content (AvgIpc) is 2.78. The van der Waals surface area contributed by atoms with E-state index in [9.17, 15) is 0 Å². The molecule has 0 radical (unpaired) electrons. The number of nitrogens with one attached hydrogen (secondary N) is 1. The van der Waals surface area contributed by atoms with Crippen molar-refractivity contribution in [3.8, 4) is 0 Å². The predicted molar refractivity (Wildman–Crippen MR) is 134 cm³/mol. The van der Waals surface area contributed by atoms with Gasteiger partial charge in [-0.2, -0.15) is 0 Å². The number of hydrogen-bond acceptors (Lipinski definition) is 2. The molecule has 0 saturated carbocycles. The minimum absolute atomic E-state index is 0.233. The Morgan fingerprint density at radius 3 is 2.35 bits per heavy atom. The number of nitrogens with zero attached hydrogens (tertiary/aromatic N) is 1. The molecule has 1 N–H and O–H groups in total. The summed E-state index contributed by atoms with van der Waals surface area (Å²) in [6.07, 6.45) is 4.34. The number of piperidine rings is 1. The number of rotatable bonds is 7. The molecule has 0 spiro atoms. The summed E-state index contributed by atoms with van der Waals surface area (Å²) in [5, 5.41) is 5.90. The van der Waals surface area contributed by atoms with Crippen molar-refractivity contribution in [3.63, 3.8) is 0 Å². The first-order valence-corrected chi connectivity index (χ1v) is 12.0. The summed E-state index contributed by atoms with van der Waals surface area (Å²) in [5.74, 6) is 0. The van der Waals surface area contributed by atoms with Crippen LogP contribution in [0.15, 0.2) is 72.8 Å². The second-order valence-electron chi connectivity index (χ2n) is 8.12. The van der Waals surface area contributed by atoms with Gasteiger partial charge in [-0.1, -0.05) is 77.3 Å². The van der Waals surface area contributed by atoms with Gasteiger partial charge in [-0.25, -0.2) is 0 Å². The van der Waals surface area contributed by atoms with E-state index in [0.717, 1.165) is 49.5 Å². The largest absolute Gasteiger partial charge is 0.363 e. The Labute approximate surface area is 200 Å². The highest BCUT2D eigenvalue weighted by molar-refractivity contribution is 6.36. The molecule has 0 bridgehead atoms. The zero-order valence-electron chi connectivity index (χ0n) is 17.4. The molecule has 5 heteroatoms. The number of anilines is 1. The molecule has 31 heavy (non-hydrogen) atoms. The van der Waals surface area contributed by atoms with Crippen molar-refractivity contribution in [2.75, 3.05) is 18.0 Å². The number of halogens is 3. The van der Waals surface area contributed by atoms with Crippen molar-refractivity contribution in [1.29, 1.82) is 0 Å². The second kappa shape index (κ2) is 10.7. The maximum absolute atomic E-state index is 6.58. The molecule has 0 amide bonds. The fraction of sp³-hybridized carbons (Fsp3) is 0.308. The summed E-state index contributed by atoms with van der Waals surface area (Å²) >= 11 is 18.9. The molecule has 162 valence electrons. The summed E-state index contributed by atoms with van der Waals surface area (Å²) in [7, 11) is 0. The Kier molecular flexibility index (Phi) is 7.79. The minimum Gasteiger partial charge on any atom is -0.363 e. The highest BCUT2D eigenvalue weighted by Gasteiger charge is 2.30. The molecule has 1 aliphatic rings. The van der Waals surface area contributed by atoms with Gasteiger partial charge < -0.3 is 10.2 Å². The van der Waals surface area contributed by atoms with Gasteiger partial charge in [0.15, 0.2) is 0 Å². The van der Waals surface area contributed by atoms with Crippen LogP contribution in [-0.4, -0.2) is 19.1 Å². The predicted octanol–water partition coefficient (Wildman–Crippen LogP) is 7.58. The van der Waals surface area contributed by atoms with Gasteiger partial charge in [0, 0.05) is 22.6 Å². The smallest absolute Gasteiger partial charge is 0.0654 e. The van der Waals surface area contributed by atoms with Crippen molar-refractivity contribution in [1.82, 2.24) is 5.32 Å². The van der Waals surface area contributed by atoms with Crippen LogP contribution in [0, 0.1) is 0 Å². The summed E-state index contributed by atoms with van der Waals surface area (Å²) in [4.78, 5) is 2.41. The summed E-state index contributed by atoms with van der Waals surface area (Å²) in [6.45, 7) is 1.96. The molecule has 2 atom stereocenters. The lowest BCUT2D eigenvalue weighted by molar-refractivity contribution is 0.359. The third kappa shape index (κ3) is 5.96. The van der Waals surface area contributed by atoms with Crippen molar-refractivity contribution in [3.05, 3.63) is 99.0 Å². The Bertz CT molecular complexity index is 976. The Hall–Kier alpha value is -1.71. The summed E-state index contributed by atoms with van der Waals surface area (Å²) in [6, 6.07) is 25.3. The quantitative estimate of drug-likeness (QED) is 0.356. The van der Waals surface area contributed by atoms with Crippen LogP contribution in [0.5, 0.6) is 0 Å². The SMILES string of the molecule is Clc1ccc(C2CC(NCCCc3ccccc3)CCN2c2ccc(Cl)cc2Cl)cc1. The number of benzene rings is 3. The number of aryl methyl sites for hydroxylation is 1. The minimum atomic E-state index is 0.233. The van der Waals surface area contributed by atoms with Gasteiger partial charge >= 0.3 is 0 Å². The molecule has 2 unspecified atom stereocenters. The zero-order chi connectivity index (χ0) is 21.6. The highest BCUT2D eigenvalue weighted by Crippen LogP contribution is 2.39. The van der Waals surface area contributed by atoms with E-state index in [1.165, 1.54) is 11.1 Å². The van der Waals surface area contributed by atoms with Crippen LogP contribution < -0.4 is 10.2 Å². The van der Waals surface area contributed by atoms with Crippen LogP contribution in [0.4, 0.5) is 5.69 Å². The number of hydrogen-bond donors (Lipinski definition) is 1. The van der Waals surface area contributed by atoms with E-state index in [1.54, 1.807) is 0 Å². The first kappa shape index (κ1) is 22.5. The standard InChI is InChI=1S/C26H27Cl3N2/c27-21-10-8-20(9-11-21)26-18-23(30-15-4-7-19-5-2-1-3-6-19)14-16-31(26)25-13-12-22(28)17-24(25)29/h1-3,5-6,8-13,17,23,26,30H,4,7,14-16,18H2. The van der Waals surface area contributed by atoms with Crippen LogP contribution in [0.3, 0.4) is 0 Å². The monoisotopic (exact) mass is 472 g/mol. The molecule has 4 rings (SSSR count). The zero-order valence-corrected chi connectivity index (χ0v) is 19.7. The van der Waals surface area contributed by atoms with Gasteiger partial charge in [0.05, 0.1) is 16.8 Å². The molecule has 0 aliphatic carbocycles. The molecular weight excluding hydrogens is 447 g/mol. The normalized spacial score (nSPS) is 18.9. The Balaban J connectivity index is 1.44. The summed E-state index contributed by atoms with van der Waals surface area (Å²) in [5.41, 5.74) is 3.69. The molecule has 1 aliphatic heterocycles. The van der Waals surface area contributed by atoms with Gasteiger partial charge in [-0.3, -0.25) is 0 Å². The van der Waals surface area contributed by atoms with E-state index < -0.39 is 0 Å². The van der Waals surface area contributed by atoms with Crippen LogP contribution >= 0.6 is 34.8 Å². The van der Waals surface area contributed by atoms with E-state index in [2.05, 4.69) is 52.7 Å². The lowest BCUT2D eigenvalue weighted by Crippen LogP contribution is -2.45. The molecule has 0 aromatic heterocycles.